The second-order valence-corrected chi connectivity index (χ2v) is 7.66. The summed E-state index contributed by atoms with van der Waals surface area (Å²) in [6.07, 6.45) is 0.783. The van der Waals surface area contributed by atoms with Crippen molar-refractivity contribution in [3.8, 4) is 22.9 Å². The zero-order chi connectivity index (χ0) is 17.6. The molecule has 1 heterocycles. The lowest BCUT2D eigenvalue weighted by Crippen LogP contribution is -1.92. The molecular weight excluding hydrogens is 346 g/mol. The van der Waals surface area contributed by atoms with E-state index >= 15 is 0 Å². The molecule has 0 saturated heterocycles. The van der Waals surface area contributed by atoms with Crippen molar-refractivity contribution in [3.05, 3.63) is 82.6 Å². The minimum Gasteiger partial charge on any atom is -0.496 e. The lowest BCUT2D eigenvalue weighted by Gasteiger charge is -2.10. The summed E-state index contributed by atoms with van der Waals surface area (Å²) in [6, 6.07) is 20.6. The fraction of sp³-hybridized carbons (Fsp3) is 0.0952. The molecule has 0 radical (unpaired) electrons. The number of nitriles is 1. The molecule has 0 aliphatic heterocycles. The molecule has 4 heteroatoms. The third-order valence-corrected chi connectivity index (χ3v) is 5.94. The second kappa shape index (κ2) is 8.06. The van der Waals surface area contributed by atoms with E-state index in [1.165, 1.54) is 17.3 Å². The first-order chi connectivity index (χ1) is 12.3. The van der Waals surface area contributed by atoms with E-state index in [0.717, 1.165) is 32.4 Å². The van der Waals surface area contributed by atoms with Gasteiger partial charge in [-0.15, -0.1) is 11.3 Å². The molecule has 3 aromatic rings. The monoisotopic (exact) mass is 363 g/mol. The summed E-state index contributed by atoms with van der Waals surface area (Å²) in [6.45, 7) is 3.80. The highest BCUT2D eigenvalue weighted by molar-refractivity contribution is 8.03. The van der Waals surface area contributed by atoms with Gasteiger partial charge in [0.2, 0.25) is 0 Å². The predicted octanol–water partition coefficient (Wildman–Crippen LogP) is 6.12. The van der Waals surface area contributed by atoms with Gasteiger partial charge >= 0.3 is 0 Å². The van der Waals surface area contributed by atoms with Crippen LogP contribution in [0, 0.1) is 11.3 Å². The van der Waals surface area contributed by atoms with Gasteiger partial charge < -0.3 is 4.74 Å². The molecule has 25 heavy (non-hydrogen) atoms. The first-order valence-corrected chi connectivity index (χ1v) is 9.48. The van der Waals surface area contributed by atoms with Crippen LogP contribution in [0.25, 0.3) is 11.1 Å². The van der Waals surface area contributed by atoms with E-state index in [0.29, 0.717) is 5.56 Å². The van der Waals surface area contributed by atoms with E-state index in [9.17, 15) is 5.26 Å². The minimum atomic E-state index is 0.699. The Labute approximate surface area is 156 Å². The summed E-state index contributed by atoms with van der Waals surface area (Å²) in [7, 11) is 1.66. The Morgan fingerprint density at radius 3 is 2.56 bits per heavy atom. The van der Waals surface area contributed by atoms with Gasteiger partial charge in [0, 0.05) is 22.4 Å². The largest absolute Gasteiger partial charge is 0.496 e. The molecule has 2 aromatic carbocycles. The lowest BCUT2D eigenvalue weighted by molar-refractivity contribution is 0.416. The molecule has 0 fully saturated rings. The standard InChI is InChI=1S/C21H17NOS2/c1-3-24-21-17(14-22)20(16-11-7-8-12-18(16)23-2)19(25-21)13-15-9-5-4-6-10-15/h3-12H,1,13H2,2H3. The summed E-state index contributed by atoms with van der Waals surface area (Å²) >= 11 is 3.16. The molecule has 0 saturated carbocycles. The summed E-state index contributed by atoms with van der Waals surface area (Å²) in [5, 5.41) is 11.6. The zero-order valence-corrected chi connectivity index (χ0v) is 15.5. The first-order valence-electron chi connectivity index (χ1n) is 7.79. The molecule has 0 spiro atoms. The maximum atomic E-state index is 9.80. The van der Waals surface area contributed by atoms with E-state index in [4.69, 9.17) is 4.74 Å². The quantitative estimate of drug-likeness (QED) is 0.494. The fourth-order valence-corrected chi connectivity index (χ4v) is 4.90. The maximum Gasteiger partial charge on any atom is 0.126 e. The van der Waals surface area contributed by atoms with Crippen LogP contribution in [0.2, 0.25) is 0 Å². The van der Waals surface area contributed by atoms with Crippen LogP contribution in [0.5, 0.6) is 5.75 Å². The van der Waals surface area contributed by atoms with Gasteiger partial charge in [-0.3, -0.25) is 0 Å². The molecule has 0 aliphatic carbocycles. The lowest BCUT2D eigenvalue weighted by atomic mass is 9.98. The summed E-state index contributed by atoms with van der Waals surface area (Å²) in [5.74, 6) is 0.779. The number of hydrogen-bond donors (Lipinski definition) is 0. The Morgan fingerprint density at radius 2 is 1.88 bits per heavy atom. The third kappa shape index (κ3) is 3.63. The number of ether oxygens (including phenoxy) is 1. The van der Waals surface area contributed by atoms with E-state index < -0.39 is 0 Å². The average molecular weight is 364 g/mol. The predicted molar refractivity (Wildman–Crippen MR) is 106 cm³/mol. The van der Waals surface area contributed by atoms with Gasteiger partial charge in [0.15, 0.2) is 0 Å². The van der Waals surface area contributed by atoms with Gasteiger partial charge in [-0.2, -0.15) is 5.26 Å². The highest BCUT2D eigenvalue weighted by atomic mass is 32.2. The molecule has 1 aromatic heterocycles. The number of hydrogen-bond acceptors (Lipinski definition) is 4. The van der Waals surface area contributed by atoms with Crippen molar-refractivity contribution < 1.29 is 4.74 Å². The van der Waals surface area contributed by atoms with Crippen molar-refractivity contribution in [1.29, 1.82) is 5.26 Å². The minimum absolute atomic E-state index is 0.699. The van der Waals surface area contributed by atoms with Crippen molar-refractivity contribution in [2.45, 2.75) is 10.6 Å². The van der Waals surface area contributed by atoms with Crippen LogP contribution in [0.1, 0.15) is 16.0 Å². The maximum absolute atomic E-state index is 9.80. The molecule has 0 bridgehead atoms. The highest BCUT2D eigenvalue weighted by Crippen LogP contribution is 2.45. The molecule has 3 rings (SSSR count). The Balaban J connectivity index is 2.20. The Hall–Kier alpha value is -2.48. The number of benzene rings is 2. The Kier molecular flexibility index (Phi) is 5.60. The van der Waals surface area contributed by atoms with Crippen LogP contribution in [0.3, 0.4) is 0 Å². The highest BCUT2D eigenvalue weighted by Gasteiger charge is 2.22. The number of para-hydroxylation sites is 1. The SMILES string of the molecule is C=CSc1sc(Cc2ccccc2)c(-c2ccccc2OC)c1C#N. The molecule has 0 aliphatic rings. The van der Waals surface area contributed by atoms with Crippen LogP contribution in [0.15, 0.2) is 70.8 Å². The molecular formula is C21H17NOS2. The second-order valence-electron chi connectivity index (χ2n) is 5.32. The van der Waals surface area contributed by atoms with Crippen molar-refractivity contribution in [2.75, 3.05) is 7.11 Å². The normalized spacial score (nSPS) is 10.2. The number of thioether (sulfide) groups is 1. The van der Waals surface area contributed by atoms with Crippen molar-refractivity contribution in [1.82, 2.24) is 0 Å². The molecule has 124 valence electrons. The van der Waals surface area contributed by atoms with Crippen molar-refractivity contribution >= 4 is 23.1 Å². The summed E-state index contributed by atoms with van der Waals surface area (Å²) < 4.78 is 6.52. The molecule has 0 unspecified atom stereocenters. The van der Waals surface area contributed by atoms with Crippen LogP contribution in [-0.4, -0.2) is 7.11 Å². The van der Waals surface area contributed by atoms with Gasteiger partial charge in [-0.05, 0) is 17.0 Å². The van der Waals surface area contributed by atoms with Crippen LogP contribution in [0.4, 0.5) is 0 Å². The van der Waals surface area contributed by atoms with E-state index in [1.54, 1.807) is 23.9 Å². The summed E-state index contributed by atoms with van der Waals surface area (Å²) in [5.41, 5.74) is 3.85. The van der Waals surface area contributed by atoms with Gasteiger partial charge in [-0.25, -0.2) is 0 Å². The first kappa shape index (κ1) is 17.3. The Morgan fingerprint density at radius 1 is 1.16 bits per heavy atom. The van der Waals surface area contributed by atoms with E-state index in [-0.39, 0.29) is 0 Å². The van der Waals surface area contributed by atoms with Crippen LogP contribution >= 0.6 is 23.1 Å². The molecule has 0 N–H and O–H groups in total. The molecule has 2 nitrogen and oxygen atoms in total. The van der Waals surface area contributed by atoms with Crippen LogP contribution < -0.4 is 4.74 Å². The van der Waals surface area contributed by atoms with Gasteiger partial charge in [0.25, 0.3) is 0 Å². The number of thiophene rings is 1. The third-order valence-electron chi connectivity index (χ3n) is 3.83. The number of methoxy groups -OCH3 is 1. The van der Waals surface area contributed by atoms with E-state index in [1.807, 2.05) is 42.5 Å². The molecule has 0 amide bonds. The van der Waals surface area contributed by atoms with Gasteiger partial charge in [0.1, 0.15) is 11.8 Å². The smallest absolute Gasteiger partial charge is 0.126 e. The number of nitrogens with zero attached hydrogens (tertiary/aromatic N) is 1. The van der Waals surface area contributed by atoms with Crippen molar-refractivity contribution in [2.24, 2.45) is 0 Å². The van der Waals surface area contributed by atoms with E-state index in [2.05, 4.69) is 24.8 Å². The van der Waals surface area contributed by atoms with Gasteiger partial charge in [0.05, 0.1) is 16.9 Å². The Bertz CT molecular complexity index is 923. The van der Waals surface area contributed by atoms with Gasteiger partial charge in [-0.1, -0.05) is 66.9 Å². The fourth-order valence-electron chi connectivity index (χ4n) is 2.76. The average Bonchev–Trinajstić information content (AvgIpc) is 2.99. The van der Waals surface area contributed by atoms with Crippen LogP contribution in [-0.2, 0) is 6.42 Å². The summed E-state index contributed by atoms with van der Waals surface area (Å²) in [4.78, 5) is 1.16. The topological polar surface area (TPSA) is 33.0 Å². The number of rotatable bonds is 6. The zero-order valence-electron chi connectivity index (χ0n) is 13.9. The molecule has 0 atom stereocenters. The van der Waals surface area contributed by atoms with Crippen molar-refractivity contribution in [3.63, 3.8) is 0 Å².